The molecule has 0 saturated heterocycles. The van der Waals surface area contributed by atoms with E-state index in [1.165, 1.54) is 12.8 Å². The van der Waals surface area contributed by atoms with Crippen LogP contribution in [0, 0.1) is 5.92 Å². The fourth-order valence-corrected chi connectivity index (χ4v) is 2.42. The van der Waals surface area contributed by atoms with Crippen molar-refractivity contribution in [1.82, 2.24) is 0 Å². The van der Waals surface area contributed by atoms with Crippen LogP contribution in [0.3, 0.4) is 0 Å². The van der Waals surface area contributed by atoms with Gasteiger partial charge in [0.05, 0.1) is 5.60 Å². The second-order valence-corrected chi connectivity index (χ2v) is 4.59. The zero-order chi connectivity index (χ0) is 10.3. The monoisotopic (exact) mass is 199 g/mol. The summed E-state index contributed by atoms with van der Waals surface area (Å²) in [5, 5.41) is 0. The molecule has 0 unspecified atom stereocenters. The number of rotatable bonds is 7. The van der Waals surface area contributed by atoms with E-state index < -0.39 is 0 Å². The Bertz CT molecular complexity index is 117. The first-order chi connectivity index (χ1) is 6.10. The van der Waals surface area contributed by atoms with E-state index in [1.807, 2.05) is 0 Å². The van der Waals surface area contributed by atoms with Crippen LogP contribution in [0.15, 0.2) is 0 Å². The Hall–Kier alpha value is 0.177. The highest BCUT2D eigenvalue weighted by Crippen LogP contribution is 2.30. The lowest BCUT2D eigenvalue weighted by molar-refractivity contribution is 0.0367. The van der Waals surface area contributed by atoms with Gasteiger partial charge in [0.2, 0.25) is 10.5 Å². The molecule has 0 aromatic rings. The molecule has 0 saturated carbocycles. The molecule has 0 fully saturated rings. The lowest BCUT2D eigenvalue weighted by Crippen LogP contribution is -2.33. The maximum absolute atomic E-state index is 5.54. The minimum atomic E-state index is 0.0779. The first-order valence-electron chi connectivity index (χ1n) is 5.45. The van der Waals surface area contributed by atoms with Gasteiger partial charge in [-0.25, -0.2) is 0 Å². The zero-order valence-corrected chi connectivity index (χ0v) is 10.5. The van der Waals surface area contributed by atoms with E-state index in [1.54, 1.807) is 0 Å². The maximum atomic E-state index is 5.54. The van der Waals surface area contributed by atoms with Gasteiger partial charge in [0.1, 0.15) is 0 Å². The molecule has 77 valence electrons. The van der Waals surface area contributed by atoms with Gasteiger partial charge >= 0.3 is 0 Å². The molecule has 0 heterocycles. The molecule has 0 aliphatic carbocycles. The molecule has 13 heavy (non-hydrogen) atoms. The molecule has 0 rings (SSSR count). The van der Waals surface area contributed by atoms with Gasteiger partial charge in [-0.1, -0.05) is 40.5 Å². The molecular formula is C11H23OSi. The van der Waals surface area contributed by atoms with Crippen LogP contribution in [0.4, 0.5) is 0 Å². The molecule has 2 heteroatoms. The highest BCUT2D eigenvalue weighted by Gasteiger charge is 2.27. The Morgan fingerprint density at radius 1 is 1.15 bits per heavy atom. The molecule has 3 radical (unpaired) electrons. The summed E-state index contributed by atoms with van der Waals surface area (Å²) >= 11 is 0. The van der Waals surface area contributed by atoms with Crippen molar-refractivity contribution in [3.8, 4) is 0 Å². The van der Waals surface area contributed by atoms with Crippen molar-refractivity contribution in [2.45, 2.75) is 65.4 Å². The van der Waals surface area contributed by atoms with Crippen molar-refractivity contribution in [3.63, 3.8) is 0 Å². The van der Waals surface area contributed by atoms with Crippen LogP contribution >= 0.6 is 0 Å². The summed E-state index contributed by atoms with van der Waals surface area (Å²) in [6.07, 6.45) is 5.84. The van der Waals surface area contributed by atoms with Gasteiger partial charge in [-0.3, -0.25) is 0 Å². The SMILES string of the molecule is CCCC(CCC)(CC(C)C)O[Si]. The average molecular weight is 199 g/mol. The van der Waals surface area contributed by atoms with Crippen molar-refractivity contribution >= 4 is 10.5 Å². The van der Waals surface area contributed by atoms with Crippen molar-refractivity contribution in [2.24, 2.45) is 5.92 Å². The lowest BCUT2D eigenvalue weighted by atomic mass is 9.85. The van der Waals surface area contributed by atoms with Gasteiger partial charge in [-0.2, -0.15) is 0 Å². The van der Waals surface area contributed by atoms with Crippen LogP contribution in [-0.4, -0.2) is 16.1 Å². The molecule has 0 bridgehead atoms. The second-order valence-electron chi connectivity index (χ2n) is 4.38. The summed E-state index contributed by atoms with van der Waals surface area (Å²) < 4.78 is 5.54. The van der Waals surface area contributed by atoms with Gasteiger partial charge in [-0.15, -0.1) is 0 Å². The number of hydrogen-bond acceptors (Lipinski definition) is 1. The zero-order valence-electron chi connectivity index (χ0n) is 9.52. The molecule has 0 aromatic heterocycles. The smallest absolute Gasteiger partial charge is 0.247 e. The van der Waals surface area contributed by atoms with Crippen LogP contribution in [-0.2, 0) is 4.43 Å². The summed E-state index contributed by atoms with van der Waals surface area (Å²) in [4.78, 5) is 0. The van der Waals surface area contributed by atoms with Crippen LogP contribution in [0.1, 0.15) is 59.8 Å². The van der Waals surface area contributed by atoms with E-state index in [9.17, 15) is 0 Å². The Balaban J connectivity index is 4.24. The molecular weight excluding hydrogens is 176 g/mol. The van der Waals surface area contributed by atoms with E-state index in [4.69, 9.17) is 4.43 Å². The lowest BCUT2D eigenvalue weighted by Gasteiger charge is -2.34. The summed E-state index contributed by atoms with van der Waals surface area (Å²) in [7, 11) is 3.25. The predicted octanol–water partition coefficient (Wildman–Crippen LogP) is 3.47. The van der Waals surface area contributed by atoms with Gasteiger partial charge in [-0.05, 0) is 25.2 Å². The largest absolute Gasteiger partial charge is 0.413 e. The fraction of sp³-hybridized carbons (Fsp3) is 1.00. The fourth-order valence-electron chi connectivity index (χ4n) is 2.13. The molecule has 0 N–H and O–H groups in total. The number of hydrogen-bond donors (Lipinski definition) is 0. The van der Waals surface area contributed by atoms with Gasteiger partial charge in [0.25, 0.3) is 0 Å². The molecule has 0 aromatic carbocycles. The summed E-state index contributed by atoms with van der Waals surface area (Å²) in [5.74, 6) is 0.703. The van der Waals surface area contributed by atoms with Crippen molar-refractivity contribution < 1.29 is 4.43 Å². The van der Waals surface area contributed by atoms with Crippen molar-refractivity contribution in [1.29, 1.82) is 0 Å². The first kappa shape index (κ1) is 13.2. The molecule has 0 atom stereocenters. The average Bonchev–Trinajstić information content (AvgIpc) is 2.04. The molecule has 0 aliphatic heterocycles. The van der Waals surface area contributed by atoms with E-state index in [2.05, 4.69) is 38.2 Å². The third-order valence-electron chi connectivity index (χ3n) is 2.41. The van der Waals surface area contributed by atoms with Crippen LogP contribution in [0.2, 0.25) is 0 Å². The van der Waals surface area contributed by atoms with Crippen molar-refractivity contribution in [2.75, 3.05) is 0 Å². The molecule has 1 nitrogen and oxygen atoms in total. The van der Waals surface area contributed by atoms with Crippen molar-refractivity contribution in [3.05, 3.63) is 0 Å². The Labute approximate surface area is 86.8 Å². The molecule has 0 amide bonds. The molecule has 0 spiro atoms. The summed E-state index contributed by atoms with van der Waals surface area (Å²) in [6.45, 7) is 8.95. The van der Waals surface area contributed by atoms with E-state index in [0.717, 1.165) is 19.3 Å². The third kappa shape index (κ3) is 4.82. The maximum Gasteiger partial charge on any atom is 0.247 e. The predicted molar refractivity (Wildman–Crippen MR) is 58.8 cm³/mol. The molecule has 0 aliphatic rings. The Morgan fingerprint density at radius 3 is 1.85 bits per heavy atom. The highest BCUT2D eigenvalue weighted by molar-refractivity contribution is 5.98. The minimum absolute atomic E-state index is 0.0779. The standard InChI is InChI=1S/C11H23OSi/c1-5-7-11(12-13,8-6-2)9-10(3)4/h10H,5-9H2,1-4H3. The van der Waals surface area contributed by atoms with Crippen LogP contribution in [0.5, 0.6) is 0 Å². The van der Waals surface area contributed by atoms with E-state index in [-0.39, 0.29) is 5.60 Å². The Morgan fingerprint density at radius 2 is 1.62 bits per heavy atom. The summed E-state index contributed by atoms with van der Waals surface area (Å²) in [5.41, 5.74) is 0.0779. The van der Waals surface area contributed by atoms with Crippen LogP contribution < -0.4 is 0 Å². The Kier molecular flexibility index (Phi) is 6.69. The topological polar surface area (TPSA) is 9.23 Å². The van der Waals surface area contributed by atoms with Gasteiger partial charge < -0.3 is 4.43 Å². The van der Waals surface area contributed by atoms with Gasteiger partial charge in [0.15, 0.2) is 0 Å². The normalized spacial score (nSPS) is 12.5. The van der Waals surface area contributed by atoms with E-state index in [0.29, 0.717) is 5.92 Å². The third-order valence-corrected chi connectivity index (χ3v) is 2.84. The minimum Gasteiger partial charge on any atom is -0.413 e. The van der Waals surface area contributed by atoms with E-state index >= 15 is 0 Å². The first-order valence-corrected chi connectivity index (χ1v) is 5.85. The second kappa shape index (κ2) is 6.60. The highest BCUT2D eigenvalue weighted by atomic mass is 28.2. The van der Waals surface area contributed by atoms with Crippen LogP contribution in [0.25, 0.3) is 0 Å². The summed E-state index contributed by atoms with van der Waals surface area (Å²) in [6, 6.07) is 0. The van der Waals surface area contributed by atoms with Gasteiger partial charge in [0, 0.05) is 0 Å². The quantitative estimate of drug-likeness (QED) is 0.570.